The number of aliphatic hydroxyl groups excluding tert-OH is 1. The molecule has 1 aliphatic heterocycles. The first-order chi connectivity index (χ1) is 17.9. The predicted octanol–water partition coefficient (Wildman–Crippen LogP) is 3.89. The van der Waals surface area contributed by atoms with Crippen LogP contribution in [-0.2, 0) is 4.79 Å². The van der Waals surface area contributed by atoms with Crippen LogP contribution in [0.15, 0.2) is 66.2 Å². The van der Waals surface area contributed by atoms with Gasteiger partial charge in [0.2, 0.25) is 5.95 Å². The van der Waals surface area contributed by atoms with Gasteiger partial charge >= 0.3 is 0 Å². The number of aromatic nitrogens is 3. The number of amides is 2. The summed E-state index contributed by atoms with van der Waals surface area (Å²) in [6.45, 7) is 2.66. The molecule has 2 aromatic carbocycles. The molecule has 2 aromatic heterocycles. The molecule has 5 rings (SSSR count). The van der Waals surface area contributed by atoms with E-state index in [9.17, 15) is 9.59 Å². The van der Waals surface area contributed by atoms with Crippen LogP contribution >= 0.6 is 11.3 Å². The summed E-state index contributed by atoms with van der Waals surface area (Å²) < 4.78 is 0. The number of aryl methyl sites for hydroxylation is 1. The Hall–Kier alpha value is -4.15. The smallest absolute Gasteiger partial charge is 0.251 e. The number of nitrogens with zero attached hydrogens (tertiary/aromatic N) is 4. The summed E-state index contributed by atoms with van der Waals surface area (Å²) in [5, 5.41) is 17.6. The molecule has 1 atom stereocenters. The molecule has 2 amide bonds. The van der Waals surface area contributed by atoms with Crippen LogP contribution in [0.5, 0.6) is 0 Å². The zero-order valence-corrected chi connectivity index (χ0v) is 21.6. The highest BCUT2D eigenvalue weighted by molar-refractivity contribution is 7.13. The number of thiazole rings is 1. The van der Waals surface area contributed by atoms with Gasteiger partial charge < -0.3 is 20.6 Å². The lowest BCUT2D eigenvalue weighted by Gasteiger charge is -2.10. The average molecular weight is 517 g/mol. The third-order valence-electron chi connectivity index (χ3n) is 5.82. The van der Waals surface area contributed by atoms with E-state index in [2.05, 4.69) is 20.6 Å². The molecule has 190 valence electrons. The number of carbonyl (C=O) groups is 2. The van der Waals surface area contributed by atoms with Crippen LogP contribution in [0.1, 0.15) is 22.3 Å². The van der Waals surface area contributed by atoms with Crippen molar-refractivity contribution in [2.45, 2.75) is 19.4 Å². The number of likely N-dealkylation sites (tertiary alicyclic amines) is 1. The quantitative estimate of drug-likeness (QED) is 0.368. The second-order valence-electron chi connectivity index (χ2n) is 8.47. The van der Waals surface area contributed by atoms with Gasteiger partial charge in [-0.05, 0) is 37.1 Å². The van der Waals surface area contributed by atoms with E-state index in [0.29, 0.717) is 24.5 Å². The topological polar surface area (TPSA) is 120 Å². The van der Waals surface area contributed by atoms with Gasteiger partial charge in [0.1, 0.15) is 16.8 Å². The molecule has 10 heteroatoms. The fraction of sp³-hybridized carbons (Fsp3) is 0.222. The molecule has 0 radical (unpaired) electrons. The molecule has 9 nitrogen and oxygen atoms in total. The zero-order valence-electron chi connectivity index (χ0n) is 20.8. The lowest BCUT2D eigenvalue weighted by atomic mass is 10.1. The second-order valence-corrected chi connectivity index (χ2v) is 9.33. The van der Waals surface area contributed by atoms with E-state index in [1.165, 1.54) is 4.90 Å². The van der Waals surface area contributed by atoms with E-state index >= 15 is 0 Å². The van der Waals surface area contributed by atoms with Gasteiger partial charge in [0.15, 0.2) is 0 Å². The third-order valence-corrected chi connectivity index (χ3v) is 6.71. The van der Waals surface area contributed by atoms with Crippen molar-refractivity contribution < 1.29 is 14.7 Å². The molecule has 3 N–H and O–H groups in total. The summed E-state index contributed by atoms with van der Waals surface area (Å²) in [4.78, 5) is 37.7. The fourth-order valence-corrected chi connectivity index (χ4v) is 4.45. The SMILES string of the molecule is CN1CCC(O)C1=O.CNC(=O)c1ccc(C)c(Nc2nccc(-c3csc(-c4ccccc4)n3)n2)c1. The monoisotopic (exact) mass is 516 g/mol. The first-order valence-electron chi connectivity index (χ1n) is 11.7. The minimum absolute atomic E-state index is 0.140. The van der Waals surface area contributed by atoms with Crippen molar-refractivity contribution in [3.05, 3.63) is 77.3 Å². The fourth-order valence-electron chi connectivity index (χ4n) is 3.63. The predicted molar refractivity (Wildman–Crippen MR) is 145 cm³/mol. The molecule has 37 heavy (non-hydrogen) atoms. The van der Waals surface area contributed by atoms with Crippen molar-refractivity contribution in [2.24, 2.45) is 0 Å². The van der Waals surface area contributed by atoms with Gasteiger partial charge in [-0.2, -0.15) is 0 Å². The van der Waals surface area contributed by atoms with Crippen molar-refractivity contribution >= 4 is 34.8 Å². The highest BCUT2D eigenvalue weighted by atomic mass is 32.1. The van der Waals surface area contributed by atoms with E-state index in [1.54, 1.807) is 43.8 Å². The minimum atomic E-state index is -0.722. The Kier molecular flexibility index (Phi) is 8.22. The number of hydrogen-bond acceptors (Lipinski definition) is 8. The molecule has 1 aliphatic rings. The number of nitrogens with one attached hydrogen (secondary N) is 2. The van der Waals surface area contributed by atoms with Crippen LogP contribution in [0.4, 0.5) is 11.6 Å². The summed E-state index contributed by atoms with van der Waals surface area (Å²) in [6, 6.07) is 17.4. The maximum atomic E-state index is 11.9. The lowest BCUT2D eigenvalue weighted by molar-refractivity contribution is -0.133. The summed E-state index contributed by atoms with van der Waals surface area (Å²) >= 11 is 1.58. The Bertz CT molecular complexity index is 1380. The molecule has 0 bridgehead atoms. The average Bonchev–Trinajstić information content (AvgIpc) is 3.54. The van der Waals surface area contributed by atoms with Crippen LogP contribution in [-0.4, -0.2) is 63.5 Å². The second kappa shape index (κ2) is 11.7. The van der Waals surface area contributed by atoms with E-state index in [4.69, 9.17) is 10.1 Å². The molecule has 3 heterocycles. The summed E-state index contributed by atoms with van der Waals surface area (Å²) in [5.41, 5.74) is 4.97. The van der Waals surface area contributed by atoms with Crippen molar-refractivity contribution in [1.29, 1.82) is 0 Å². The molecular formula is C27H28N6O3S. The van der Waals surface area contributed by atoms with Crippen LogP contribution in [0.3, 0.4) is 0 Å². The highest BCUT2D eigenvalue weighted by Gasteiger charge is 2.26. The molecule has 1 fully saturated rings. The van der Waals surface area contributed by atoms with Gasteiger partial charge in [-0.15, -0.1) is 11.3 Å². The standard InChI is InChI=1S/C22H19N5OS.C5H9NO2/c1-14-8-9-16(20(28)23-2)12-18(14)27-22-24-11-10-17(26-22)19-13-29-21(25-19)15-6-4-3-5-7-15;1-6-3-2-4(7)5(6)8/h3-13H,1-2H3,(H,23,28)(H,24,26,27);4,7H,2-3H2,1H3. The zero-order chi connectivity index (χ0) is 26.4. The first kappa shape index (κ1) is 25.9. The van der Waals surface area contributed by atoms with E-state index in [1.807, 2.05) is 54.8 Å². The Labute approximate surface area is 219 Å². The molecular weight excluding hydrogens is 488 g/mol. The van der Waals surface area contributed by atoms with Crippen molar-refractivity contribution in [2.75, 3.05) is 26.0 Å². The lowest BCUT2D eigenvalue weighted by Crippen LogP contribution is -2.24. The van der Waals surface area contributed by atoms with Crippen molar-refractivity contribution in [1.82, 2.24) is 25.2 Å². The third kappa shape index (κ3) is 6.35. The molecule has 0 spiro atoms. The number of likely N-dealkylation sites (N-methyl/N-ethyl adjacent to an activating group) is 1. The Balaban J connectivity index is 0.000000342. The summed E-state index contributed by atoms with van der Waals surface area (Å²) in [7, 11) is 3.30. The van der Waals surface area contributed by atoms with Gasteiger partial charge in [0, 0.05) is 49.0 Å². The maximum Gasteiger partial charge on any atom is 0.251 e. The number of aliphatic hydroxyl groups is 1. The number of hydrogen-bond donors (Lipinski definition) is 3. The maximum absolute atomic E-state index is 11.9. The van der Waals surface area contributed by atoms with Gasteiger partial charge in [-0.3, -0.25) is 9.59 Å². The first-order valence-corrected chi connectivity index (χ1v) is 12.6. The van der Waals surface area contributed by atoms with Gasteiger partial charge in [0.25, 0.3) is 11.8 Å². The van der Waals surface area contributed by atoms with Crippen molar-refractivity contribution in [3.63, 3.8) is 0 Å². The van der Waals surface area contributed by atoms with Gasteiger partial charge in [-0.25, -0.2) is 15.0 Å². The Morgan fingerprint density at radius 2 is 1.89 bits per heavy atom. The number of benzene rings is 2. The molecule has 4 aromatic rings. The number of rotatable bonds is 5. The largest absolute Gasteiger partial charge is 0.383 e. The molecule has 0 saturated carbocycles. The van der Waals surface area contributed by atoms with E-state index in [-0.39, 0.29) is 11.8 Å². The summed E-state index contributed by atoms with van der Waals surface area (Å²) in [5.74, 6) is 0.164. The van der Waals surface area contributed by atoms with Gasteiger partial charge in [0.05, 0.1) is 5.69 Å². The van der Waals surface area contributed by atoms with Crippen LogP contribution in [0.2, 0.25) is 0 Å². The Morgan fingerprint density at radius 3 is 2.54 bits per heavy atom. The Morgan fingerprint density at radius 1 is 1.11 bits per heavy atom. The highest BCUT2D eigenvalue weighted by Crippen LogP contribution is 2.28. The van der Waals surface area contributed by atoms with Crippen molar-refractivity contribution in [3.8, 4) is 22.0 Å². The van der Waals surface area contributed by atoms with Crippen LogP contribution < -0.4 is 10.6 Å². The van der Waals surface area contributed by atoms with Crippen LogP contribution in [0.25, 0.3) is 22.0 Å². The minimum Gasteiger partial charge on any atom is -0.383 e. The van der Waals surface area contributed by atoms with E-state index < -0.39 is 6.10 Å². The molecule has 1 saturated heterocycles. The molecule has 0 aliphatic carbocycles. The number of anilines is 2. The van der Waals surface area contributed by atoms with Gasteiger partial charge in [-0.1, -0.05) is 36.4 Å². The number of carbonyl (C=O) groups excluding carboxylic acids is 2. The van der Waals surface area contributed by atoms with Crippen LogP contribution in [0, 0.1) is 6.92 Å². The molecule has 1 unspecified atom stereocenters. The van der Waals surface area contributed by atoms with E-state index in [0.717, 1.165) is 33.2 Å². The normalized spacial score (nSPS) is 14.6. The summed E-state index contributed by atoms with van der Waals surface area (Å²) in [6.07, 6.45) is 1.57.